The van der Waals surface area contributed by atoms with Crippen molar-refractivity contribution in [2.45, 2.75) is 88.2 Å². The number of halogens is 1. The van der Waals surface area contributed by atoms with Crippen molar-refractivity contribution in [2.24, 2.45) is 5.92 Å². The molecule has 1 aromatic heterocycles. The fourth-order valence-corrected chi connectivity index (χ4v) is 8.36. The summed E-state index contributed by atoms with van der Waals surface area (Å²) in [6, 6.07) is 18.5. The molecule has 0 bridgehead atoms. The van der Waals surface area contributed by atoms with Gasteiger partial charge in [-0.25, -0.2) is 9.59 Å². The number of pyridine rings is 1. The molecule has 2 atom stereocenters. The van der Waals surface area contributed by atoms with Crippen molar-refractivity contribution >= 4 is 40.3 Å². The Morgan fingerprint density at radius 1 is 1.00 bits per heavy atom. The number of H-pyrrole nitrogens is 1. The smallest absolute Gasteiger partial charge is 0.411 e. The summed E-state index contributed by atoms with van der Waals surface area (Å²) in [7, 11) is 1.51. The van der Waals surface area contributed by atoms with Gasteiger partial charge < -0.3 is 45.1 Å². The molecule has 6 rings (SSSR count). The van der Waals surface area contributed by atoms with Gasteiger partial charge in [0.05, 0.1) is 36.0 Å². The maximum atomic E-state index is 13.0. The lowest BCUT2D eigenvalue weighted by Gasteiger charge is -2.41. The van der Waals surface area contributed by atoms with Crippen LogP contribution < -0.4 is 26.2 Å². The number of aromatic nitrogens is 1. The number of aliphatic hydroxyl groups excluding tert-OH is 2. The molecule has 7 N–H and O–H groups in total. The molecule has 2 aliphatic rings. The van der Waals surface area contributed by atoms with Crippen LogP contribution >= 0.6 is 11.6 Å². The van der Waals surface area contributed by atoms with E-state index in [2.05, 4.69) is 20.9 Å². The van der Waals surface area contributed by atoms with Crippen LogP contribution in [-0.2, 0) is 20.8 Å². The highest BCUT2D eigenvalue weighted by molar-refractivity contribution is 6.33. The number of fused-ring (bicyclic) bond motifs is 1. The van der Waals surface area contributed by atoms with Crippen molar-refractivity contribution in [1.29, 1.82) is 0 Å². The van der Waals surface area contributed by atoms with Gasteiger partial charge in [0, 0.05) is 42.2 Å². The van der Waals surface area contributed by atoms with Gasteiger partial charge in [-0.3, -0.25) is 10.1 Å². The number of carbonyl (C=O) groups is 2. The molecule has 300 valence electrons. The number of carbonyl (C=O) groups excluding carboxylic acids is 2. The fourth-order valence-electron chi connectivity index (χ4n) is 8.13. The summed E-state index contributed by atoms with van der Waals surface area (Å²) in [5, 5.41) is 42.0. The van der Waals surface area contributed by atoms with Gasteiger partial charge in [-0.2, -0.15) is 0 Å². The molecule has 4 aromatic rings. The van der Waals surface area contributed by atoms with Crippen molar-refractivity contribution in [3.05, 3.63) is 98.8 Å². The highest BCUT2D eigenvalue weighted by Crippen LogP contribution is 2.46. The summed E-state index contributed by atoms with van der Waals surface area (Å²) in [6.07, 6.45) is 5.25. The average molecular weight is 791 g/mol. The monoisotopic (exact) mass is 790 g/mol. The minimum atomic E-state index is -1.28. The van der Waals surface area contributed by atoms with Gasteiger partial charge >= 0.3 is 12.1 Å². The van der Waals surface area contributed by atoms with E-state index in [1.807, 2.05) is 6.07 Å². The van der Waals surface area contributed by atoms with Crippen LogP contribution in [0.4, 0.5) is 10.5 Å². The van der Waals surface area contributed by atoms with Gasteiger partial charge in [-0.05, 0) is 99.6 Å². The number of ether oxygens (including phenoxy) is 3. The number of anilines is 1. The third-order valence-electron chi connectivity index (χ3n) is 11.1. The van der Waals surface area contributed by atoms with E-state index in [0.717, 1.165) is 51.4 Å². The first-order valence-electron chi connectivity index (χ1n) is 19.3. The summed E-state index contributed by atoms with van der Waals surface area (Å²) in [5.41, 5.74) is 1.50. The maximum Gasteiger partial charge on any atom is 0.411 e. The van der Waals surface area contributed by atoms with E-state index in [0.29, 0.717) is 59.1 Å². The largest absolute Gasteiger partial charge is 0.506 e. The second-order valence-corrected chi connectivity index (χ2v) is 15.1. The Morgan fingerprint density at radius 2 is 1.75 bits per heavy atom. The Hall–Kier alpha value is -4.66. The molecule has 1 heterocycles. The van der Waals surface area contributed by atoms with Crippen molar-refractivity contribution in [3.63, 3.8) is 0 Å². The van der Waals surface area contributed by atoms with Gasteiger partial charge in [0.15, 0.2) is 6.10 Å². The molecule has 2 saturated carbocycles. The minimum Gasteiger partial charge on any atom is -0.506 e. The number of aromatic amines is 1. The number of amides is 1. The molecule has 1 unspecified atom stereocenters. The van der Waals surface area contributed by atoms with E-state index < -0.39 is 29.9 Å². The zero-order chi connectivity index (χ0) is 39.7. The highest BCUT2D eigenvalue weighted by Gasteiger charge is 2.46. The van der Waals surface area contributed by atoms with Gasteiger partial charge in [-0.1, -0.05) is 48.0 Å². The quantitative estimate of drug-likeness (QED) is 0.0491. The van der Waals surface area contributed by atoms with E-state index in [1.165, 1.54) is 19.2 Å². The summed E-state index contributed by atoms with van der Waals surface area (Å²) >= 11 is 6.53. The minimum absolute atomic E-state index is 0.0844. The van der Waals surface area contributed by atoms with Crippen LogP contribution in [0.1, 0.15) is 86.7 Å². The number of phenols is 1. The SMILES string of the molecule is COc1cc(NC(=O)OCCCN[C@H]2CC[C@H](C3(OC(=O)[C@H](O)c4ccccc4)CCCC3)CC2)c(Cl)cc1CNCC(O)c1ccc(O)c2[nH]c(=O)ccc12. The molecule has 2 aliphatic carbocycles. The maximum absolute atomic E-state index is 13.0. The van der Waals surface area contributed by atoms with Crippen LogP contribution in [0.3, 0.4) is 0 Å². The summed E-state index contributed by atoms with van der Waals surface area (Å²) < 4.78 is 17.1. The van der Waals surface area contributed by atoms with E-state index in [-0.39, 0.29) is 40.9 Å². The molecule has 0 saturated heterocycles. The number of aromatic hydroxyl groups is 1. The number of methoxy groups -OCH3 is 1. The molecule has 56 heavy (non-hydrogen) atoms. The average Bonchev–Trinajstić information content (AvgIpc) is 3.68. The number of rotatable bonds is 16. The van der Waals surface area contributed by atoms with E-state index in [9.17, 15) is 29.7 Å². The van der Waals surface area contributed by atoms with Crippen molar-refractivity contribution in [2.75, 3.05) is 32.1 Å². The molecular formula is C42H51ClN4O9. The zero-order valence-electron chi connectivity index (χ0n) is 31.5. The predicted molar refractivity (Wildman–Crippen MR) is 213 cm³/mol. The van der Waals surface area contributed by atoms with E-state index >= 15 is 0 Å². The summed E-state index contributed by atoms with van der Waals surface area (Å²) in [6.45, 7) is 1.34. The number of nitrogens with one attached hydrogen (secondary N) is 4. The van der Waals surface area contributed by atoms with Crippen LogP contribution in [0.2, 0.25) is 5.02 Å². The Balaban J connectivity index is 0.904. The van der Waals surface area contributed by atoms with Crippen molar-refractivity contribution in [1.82, 2.24) is 15.6 Å². The van der Waals surface area contributed by atoms with Crippen LogP contribution in [0.25, 0.3) is 10.9 Å². The van der Waals surface area contributed by atoms with Crippen LogP contribution in [0, 0.1) is 5.92 Å². The molecule has 0 radical (unpaired) electrons. The first kappa shape index (κ1) is 41.0. The number of phenolic OH excluding ortho intramolecular Hbond substituents is 1. The van der Waals surface area contributed by atoms with Gasteiger partial charge in [0.1, 0.15) is 17.1 Å². The van der Waals surface area contributed by atoms with Gasteiger partial charge in [0.2, 0.25) is 5.56 Å². The highest BCUT2D eigenvalue weighted by atomic mass is 35.5. The standard InChI is InChI=1S/C42H51ClN4O9/c1-54-36-23-33(32(43)22-27(36)24-44-25-35(49)30-14-16-34(48)38-31(30)15-17-37(50)47-38)46-41(53)55-21-7-20-45-29-12-10-28(11-13-29)42(18-5-6-19-42)56-40(52)39(51)26-8-3-2-4-9-26/h2-4,8-9,14-17,22-23,28-29,35,39,44-45,48-49,51H,5-7,10-13,18-21,24-25H2,1H3,(H,46,53)(H,47,50)/t28-,29-,35?,39-/m1/s1. The number of hydrogen-bond acceptors (Lipinski definition) is 11. The topological polar surface area (TPSA) is 191 Å². The number of esters is 1. The molecule has 2 fully saturated rings. The zero-order valence-corrected chi connectivity index (χ0v) is 32.3. The van der Waals surface area contributed by atoms with Gasteiger partial charge in [-0.15, -0.1) is 0 Å². The Bertz CT molecular complexity index is 2010. The molecule has 1 amide bonds. The molecule has 14 heteroatoms. The Morgan fingerprint density at radius 3 is 2.48 bits per heavy atom. The molecule has 0 aliphatic heterocycles. The first-order chi connectivity index (χ1) is 27.1. The molecule has 0 spiro atoms. The predicted octanol–water partition coefficient (Wildman–Crippen LogP) is 6.40. The Kier molecular flexibility index (Phi) is 13.9. The number of benzene rings is 3. The third-order valence-corrected chi connectivity index (χ3v) is 11.4. The van der Waals surface area contributed by atoms with Gasteiger partial charge in [0.25, 0.3) is 0 Å². The first-order valence-corrected chi connectivity index (χ1v) is 19.7. The number of hydrogen-bond donors (Lipinski definition) is 7. The molecule has 13 nitrogen and oxygen atoms in total. The van der Waals surface area contributed by atoms with Crippen molar-refractivity contribution in [3.8, 4) is 11.5 Å². The Labute approximate surface area is 330 Å². The van der Waals surface area contributed by atoms with Crippen LogP contribution in [0.5, 0.6) is 11.5 Å². The summed E-state index contributed by atoms with van der Waals surface area (Å²) in [5.74, 6) is 0.0856. The van der Waals surface area contributed by atoms with Crippen molar-refractivity contribution < 1.29 is 39.1 Å². The second kappa shape index (κ2) is 19.0. The number of aliphatic hydroxyl groups is 2. The van der Waals surface area contributed by atoms with E-state index in [4.69, 9.17) is 25.8 Å². The lowest BCUT2D eigenvalue weighted by molar-refractivity contribution is -0.178. The fraction of sp³-hybridized carbons (Fsp3) is 0.452. The van der Waals surface area contributed by atoms with Crippen LogP contribution in [-0.4, -0.2) is 70.8 Å². The molecule has 3 aromatic carbocycles. The van der Waals surface area contributed by atoms with Crippen LogP contribution in [0.15, 0.2) is 71.5 Å². The lowest BCUT2D eigenvalue weighted by Crippen LogP contribution is -2.45. The lowest BCUT2D eigenvalue weighted by atomic mass is 9.74. The summed E-state index contributed by atoms with van der Waals surface area (Å²) in [4.78, 5) is 40.0. The normalized spacial score (nSPS) is 18.9. The second-order valence-electron chi connectivity index (χ2n) is 14.7. The third kappa shape index (κ3) is 10.0. The molecular weight excluding hydrogens is 740 g/mol. The van der Waals surface area contributed by atoms with E-state index in [1.54, 1.807) is 48.5 Å².